The number of carbonyl (C=O) groups is 1. The van der Waals surface area contributed by atoms with Crippen LogP contribution in [0.25, 0.3) is 0 Å². The molecule has 0 saturated heterocycles. The third-order valence-corrected chi connectivity index (χ3v) is 6.06. The highest BCUT2D eigenvalue weighted by atomic mass is 35.5. The Morgan fingerprint density at radius 2 is 1.45 bits per heavy atom. The van der Waals surface area contributed by atoms with Crippen LogP contribution < -0.4 is 10.0 Å². The van der Waals surface area contributed by atoms with Crippen molar-refractivity contribution in [1.29, 1.82) is 0 Å². The smallest absolute Gasteiger partial charge is 0.261 e. The summed E-state index contributed by atoms with van der Waals surface area (Å²) in [6.07, 6.45) is 0. The molecule has 2 N–H and O–H groups in total. The molecule has 3 aromatic carbocycles. The number of sulfonamides is 1. The second kappa shape index (κ2) is 8.63. The summed E-state index contributed by atoms with van der Waals surface area (Å²) in [5.41, 5.74) is 1.76. The number of halogens is 3. The normalized spacial score (nSPS) is 11.2. The van der Waals surface area contributed by atoms with E-state index in [1.165, 1.54) is 30.3 Å². The summed E-state index contributed by atoms with van der Waals surface area (Å²) < 4.78 is 27.4. The van der Waals surface area contributed by atoms with E-state index < -0.39 is 15.9 Å². The lowest BCUT2D eigenvalue weighted by atomic mass is 10.2. The van der Waals surface area contributed by atoms with Crippen molar-refractivity contribution < 1.29 is 13.2 Å². The lowest BCUT2D eigenvalue weighted by Gasteiger charge is -2.11. The van der Waals surface area contributed by atoms with Crippen LogP contribution in [0.3, 0.4) is 0 Å². The molecule has 0 radical (unpaired) electrons. The second-order valence-corrected chi connectivity index (χ2v) is 9.19. The zero-order chi connectivity index (χ0) is 21.2. The number of hydrogen-bond acceptors (Lipinski definition) is 3. The predicted octanol–water partition coefficient (Wildman–Crippen LogP) is 6.01. The molecular weight excluding hydrogens is 455 g/mol. The molecule has 0 spiro atoms. The fourth-order valence-electron chi connectivity index (χ4n) is 2.52. The molecule has 0 bridgehead atoms. The van der Waals surface area contributed by atoms with E-state index in [2.05, 4.69) is 10.0 Å². The number of anilines is 2. The molecule has 0 heterocycles. The molecule has 1 amide bonds. The van der Waals surface area contributed by atoms with Gasteiger partial charge in [0.1, 0.15) is 0 Å². The maximum atomic E-state index is 12.5. The van der Waals surface area contributed by atoms with Crippen LogP contribution in [0, 0.1) is 6.92 Å². The Morgan fingerprint density at radius 1 is 0.828 bits per heavy atom. The molecule has 29 heavy (non-hydrogen) atoms. The molecule has 0 atom stereocenters. The van der Waals surface area contributed by atoms with Gasteiger partial charge in [0, 0.05) is 15.7 Å². The Hall–Kier alpha value is -2.25. The van der Waals surface area contributed by atoms with Crippen molar-refractivity contribution in [2.24, 2.45) is 0 Å². The van der Waals surface area contributed by atoms with Crippen LogP contribution in [0.1, 0.15) is 15.9 Å². The van der Waals surface area contributed by atoms with Gasteiger partial charge >= 0.3 is 0 Å². The van der Waals surface area contributed by atoms with Crippen molar-refractivity contribution in [3.63, 3.8) is 0 Å². The summed E-state index contributed by atoms with van der Waals surface area (Å²) in [7, 11) is -3.78. The quantitative estimate of drug-likeness (QED) is 0.480. The van der Waals surface area contributed by atoms with Crippen LogP contribution in [-0.4, -0.2) is 14.3 Å². The van der Waals surface area contributed by atoms with E-state index in [1.54, 1.807) is 30.3 Å². The SMILES string of the molecule is Cc1ccc(S(=O)(=O)Nc2ccc(C(=O)Nc3cc(Cl)cc(Cl)c3)c(Cl)c2)cc1. The molecule has 0 aromatic heterocycles. The summed E-state index contributed by atoms with van der Waals surface area (Å²) in [6, 6.07) is 15.3. The third kappa shape index (κ3) is 5.42. The molecule has 5 nitrogen and oxygen atoms in total. The number of benzene rings is 3. The number of amides is 1. The predicted molar refractivity (Wildman–Crippen MR) is 118 cm³/mol. The van der Waals surface area contributed by atoms with Gasteiger partial charge in [0.25, 0.3) is 15.9 Å². The molecule has 0 aliphatic rings. The summed E-state index contributed by atoms with van der Waals surface area (Å²) >= 11 is 18.1. The van der Waals surface area contributed by atoms with Crippen LogP contribution in [0.15, 0.2) is 65.6 Å². The van der Waals surface area contributed by atoms with Crippen molar-refractivity contribution in [2.45, 2.75) is 11.8 Å². The van der Waals surface area contributed by atoms with E-state index >= 15 is 0 Å². The Balaban J connectivity index is 1.79. The number of aryl methyl sites for hydroxylation is 1. The van der Waals surface area contributed by atoms with Crippen LogP contribution >= 0.6 is 34.8 Å². The first-order valence-electron chi connectivity index (χ1n) is 8.30. The monoisotopic (exact) mass is 468 g/mol. The van der Waals surface area contributed by atoms with E-state index in [0.29, 0.717) is 15.7 Å². The Kier molecular flexibility index (Phi) is 6.39. The van der Waals surface area contributed by atoms with E-state index in [0.717, 1.165) is 5.56 Å². The molecule has 0 saturated carbocycles. The van der Waals surface area contributed by atoms with Gasteiger partial charge in [0.2, 0.25) is 0 Å². The van der Waals surface area contributed by atoms with Gasteiger partial charge in [-0.2, -0.15) is 0 Å². The van der Waals surface area contributed by atoms with Gasteiger partial charge in [-0.3, -0.25) is 9.52 Å². The van der Waals surface area contributed by atoms with Crippen molar-refractivity contribution in [2.75, 3.05) is 10.0 Å². The van der Waals surface area contributed by atoms with Gasteiger partial charge < -0.3 is 5.32 Å². The number of rotatable bonds is 5. The molecule has 9 heteroatoms. The summed E-state index contributed by atoms with van der Waals surface area (Å²) in [5.74, 6) is -0.485. The van der Waals surface area contributed by atoms with Gasteiger partial charge in [-0.25, -0.2) is 8.42 Å². The first-order valence-corrected chi connectivity index (χ1v) is 10.9. The molecule has 0 fully saturated rings. The van der Waals surface area contributed by atoms with Gasteiger partial charge in [-0.05, 0) is 55.5 Å². The van der Waals surface area contributed by atoms with Gasteiger partial charge in [0.15, 0.2) is 0 Å². The number of hydrogen-bond donors (Lipinski definition) is 2. The van der Waals surface area contributed by atoms with E-state index in [4.69, 9.17) is 34.8 Å². The second-order valence-electron chi connectivity index (χ2n) is 6.23. The Labute approximate surface area is 183 Å². The Bertz CT molecular complexity index is 1160. The van der Waals surface area contributed by atoms with Crippen molar-refractivity contribution in [1.82, 2.24) is 0 Å². The Morgan fingerprint density at radius 3 is 2.03 bits per heavy atom. The minimum absolute atomic E-state index is 0.0831. The first kappa shape index (κ1) is 21.5. The molecular formula is C20H15Cl3N2O3S. The average molecular weight is 470 g/mol. The third-order valence-electron chi connectivity index (χ3n) is 3.92. The zero-order valence-electron chi connectivity index (χ0n) is 15.0. The van der Waals surface area contributed by atoms with Gasteiger partial charge in [-0.1, -0.05) is 52.5 Å². The fourth-order valence-corrected chi connectivity index (χ4v) is 4.36. The molecule has 0 aliphatic heterocycles. The van der Waals surface area contributed by atoms with Gasteiger partial charge in [-0.15, -0.1) is 0 Å². The highest BCUT2D eigenvalue weighted by molar-refractivity contribution is 7.92. The number of nitrogens with one attached hydrogen (secondary N) is 2. The summed E-state index contributed by atoms with van der Waals surface area (Å²) in [5, 5.41) is 3.48. The maximum Gasteiger partial charge on any atom is 0.261 e. The van der Waals surface area contributed by atoms with E-state index in [1.807, 2.05) is 6.92 Å². The minimum atomic E-state index is -3.78. The zero-order valence-corrected chi connectivity index (χ0v) is 18.1. The minimum Gasteiger partial charge on any atom is -0.322 e. The fraction of sp³-hybridized carbons (Fsp3) is 0.0500. The van der Waals surface area contributed by atoms with Crippen molar-refractivity contribution in [3.05, 3.63) is 86.9 Å². The van der Waals surface area contributed by atoms with Crippen molar-refractivity contribution in [3.8, 4) is 0 Å². The molecule has 150 valence electrons. The number of carbonyl (C=O) groups excluding carboxylic acids is 1. The van der Waals surface area contributed by atoms with Crippen LogP contribution in [0.5, 0.6) is 0 Å². The van der Waals surface area contributed by atoms with Crippen LogP contribution in [0.4, 0.5) is 11.4 Å². The lowest BCUT2D eigenvalue weighted by Crippen LogP contribution is -2.15. The lowest BCUT2D eigenvalue weighted by molar-refractivity contribution is 0.102. The molecule has 3 rings (SSSR count). The first-order chi connectivity index (χ1) is 13.6. The highest BCUT2D eigenvalue weighted by Crippen LogP contribution is 2.26. The summed E-state index contributed by atoms with van der Waals surface area (Å²) in [6.45, 7) is 1.87. The maximum absolute atomic E-state index is 12.5. The molecule has 0 unspecified atom stereocenters. The summed E-state index contributed by atoms with van der Waals surface area (Å²) in [4.78, 5) is 12.6. The van der Waals surface area contributed by atoms with Gasteiger partial charge in [0.05, 0.1) is 21.2 Å². The van der Waals surface area contributed by atoms with Crippen LogP contribution in [-0.2, 0) is 10.0 Å². The molecule has 0 aliphatic carbocycles. The standard InChI is InChI=1S/C20H15Cl3N2O3S/c1-12-2-5-17(6-3-12)29(27,28)25-15-4-7-18(19(23)11-15)20(26)24-16-9-13(21)8-14(22)10-16/h2-11,25H,1H3,(H,24,26). The highest BCUT2D eigenvalue weighted by Gasteiger charge is 2.16. The topological polar surface area (TPSA) is 75.3 Å². The van der Waals surface area contributed by atoms with Crippen LogP contribution in [0.2, 0.25) is 15.1 Å². The van der Waals surface area contributed by atoms with E-state index in [-0.39, 0.29) is 21.2 Å². The van der Waals surface area contributed by atoms with E-state index in [9.17, 15) is 13.2 Å². The largest absolute Gasteiger partial charge is 0.322 e. The van der Waals surface area contributed by atoms with Crippen molar-refractivity contribution >= 4 is 62.1 Å². The molecule has 3 aromatic rings. The average Bonchev–Trinajstić information content (AvgIpc) is 2.60.